The maximum absolute atomic E-state index is 12.7. The van der Waals surface area contributed by atoms with E-state index in [1.807, 2.05) is 55.3 Å². The van der Waals surface area contributed by atoms with Gasteiger partial charge in [-0.2, -0.15) is 0 Å². The van der Waals surface area contributed by atoms with Gasteiger partial charge in [0.2, 0.25) is 5.96 Å². The minimum absolute atomic E-state index is 0.293. The smallest absolute Gasteiger partial charge is 0.228 e. The van der Waals surface area contributed by atoms with Gasteiger partial charge >= 0.3 is 0 Å². The highest BCUT2D eigenvalue weighted by Crippen LogP contribution is 2.37. The Balaban J connectivity index is 1.63. The fraction of sp³-hybridized carbons (Fsp3) is 0.484. The summed E-state index contributed by atoms with van der Waals surface area (Å²) in [5.74, 6) is 0.958. The molecule has 1 unspecified atom stereocenters. The second kappa shape index (κ2) is 17.5. The molecule has 13 heteroatoms. The molecule has 1 aliphatic rings. The minimum atomic E-state index is -2.47. The summed E-state index contributed by atoms with van der Waals surface area (Å²) in [7, 11) is 3.26. The van der Waals surface area contributed by atoms with Crippen molar-refractivity contribution < 1.29 is 14.4 Å². The lowest BCUT2D eigenvalue weighted by Gasteiger charge is -2.38. The minimum Gasteiger partial charge on any atom is -0.494 e. The van der Waals surface area contributed by atoms with Gasteiger partial charge in [-0.05, 0) is 71.1 Å². The molecule has 1 atom stereocenters. The van der Waals surface area contributed by atoms with Crippen LogP contribution in [0.4, 0.5) is 17.1 Å². The third kappa shape index (κ3) is 10.6. The molecule has 0 amide bonds. The van der Waals surface area contributed by atoms with E-state index in [-0.39, 0.29) is 0 Å². The molecule has 0 bridgehead atoms. The largest absolute Gasteiger partial charge is 0.494 e. The lowest BCUT2D eigenvalue weighted by molar-refractivity contribution is -0.00944. The first-order valence-corrected chi connectivity index (χ1v) is 17.9. The average molecular weight is 647 g/mol. The lowest BCUT2D eigenvalue weighted by atomic mass is 10.0. The third-order valence-electron chi connectivity index (χ3n) is 7.64. The fourth-order valence-electron chi connectivity index (χ4n) is 5.05. The van der Waals surface area contributed by atoms with Crippen molar-refractivity contribution in [2.24, 2.45) is 9.98 Å². The van der Waals surface area contributed by atoms with Gasteiger partial charge in [-0.3, -0.25) is 10.2 Å². The molecule has 1 aliphatic heterocycles. The normalized spacial score (nSPS) is 16.0. The van der Waals surface area contributed by atoms with Crippen LogP contribution in [0.25, 0.3) is 0 Å². The van der Waals surface area contributed by atoms with Crippen LogP contribution in [0, 0.1) is 0 Å². The molecule has 44 heavy (non-hydrogen) atoms. The Kier molecular flexibility index (Phi) is 14.2. The fourth-order valence-corrected chi connectivity index (χ4v) is 6.27. The SMILES string of the molecule is CCNC(O)N(C)CCN(C)C1CCN(c2ccc(NC(=N/C=C/Cl)/N=C/Nc3ccccc3P(C)(C)=O)c(OC)c2)CC1. The van der Waals surface area contributed by atoms with Crippen molar-refractivity contribution in [2.75, 3.05) is 82.8 Å². The molecule has 242 valence electrons. The van der Waals surface area contributed by atoms with Gasteiger partial charge in [-0.15, -0.1) is 0 Å². The van der Waals surface area contributed by atoms with E-state index in [2.05, 4.69) is 48.8 Å². The number of anilines is 3. The quantitative estimate of drug-likeness (QED) is 0.103. The molecular weight excluding hydrogens is 599 g/mol. The van der Waals surface area contributed by atoms with Crippen molar-refractivity contribution in [3.8, 4) is 5.75 Å². The molecule has 3 rings (SSSR count). The van der Waals surface area contributed by atoms with E-state index in [0.29, 0.717) is 23.4 Å². The summed E-state index contributed by atoms with van der Waals surface area (Å²) in [5.41, 5.74) is 3.83. The number of hydrogen-bond donors (Lipinski definition) is 4. The molecule has 0 spiro atoms. The summed E-state index contributed by atoms with van der Waals surface area (Å²) in [5, 5.41) is 20.2. The van der Waals surface area contributed by atoms with E-state index in [1.165, 1.54) is 18.1 Å². The number of aliphatic imine (C=N–C) groups is 2. The Bertz CT molecular complexity index is 1330. The topological polar surface area (TPSA) is 117 Å². The number of benzene rings is 2. The van der Waals surface area contributed by atoms with Crippen molar-refractivity contribution >= 4 is 53.4 Å². The number of ether oxygens (including phenoxy) is 1. The number of aliphatic hydroxyl groups is 1. The molecule has 0 saturated carbocycles. The van der Waals surface area contributed by atoms with Crippen LogP contribution in [0.3, 0.4) is 0 Å². The van der Waals surface area contributed by atoms with Crippen LogP contribution in [0.5, 0.6) is 5.75 Å². The van der Waals surface area contributed by atoms with E-state index in [4.69, 9.17) is 16.3 Å². The highest BCUT2D eigenvalue weighted by molar-refractivity contribution is 7.70. The van der Waals surface area contributed by atoms with Gasteiger partial charge in [-0.1, -0.05) is 30.7 Å². The number of halogens is 1. The summed E-state index contributed by atoms with van der Waals surface area (Å²) < 4.78 is 18.4. The predicted octanol–water partition coefficient (Wildman–Crippen LogP) is 4.28. The number of piperidine rings is 1. The summed E-state index contributed by atoms with van der Waals surface area (Å²) in [4.78, 5) is 15.5. The molecule has 2 aromatic carbocycles. The Morgan fingerprint density at radius 2 is 1.91 bits per heavy atom. The van der Waals surface area contributed by atoms with Crippen molar-refractivity contribution in [3.63, 3.8) is 0 Å². The molecule has 0 radical (unpaired) electrons. The number of likely N-dealkylation sites (N-methyl/N-ethyl adjacent to an activating group) is 2. The van der Waals surface area contributed by atoms with E-state index in [9.17, 15) is 9.67 Å². The van der Waals surface area contributed by atoms with Gasteiger partial charge in [0.25, 0.3) is 0 Å². The molecule has 0 aliphatic carbocycles. The van der Waals surface area contributed by atoms with Crippen LogP contribution < -0.4 is 30.9 Å². The van der Waals surface area contributed by atoms with Crippen molar-refractivity contribution in [3.05, 3.63) is 54.2 Å². The van der Waals surface area contributed by atoms with Gasteiger partial charge in [0.1, 0.15) is 12.9 Å². The van der Waals surface area contributed by atoms with Gasteiger partial charge in [-0.25, -0.2) is 9.98 Å². The Hall–Kier alpha value is -2.92. The van der Waals surface area contributed by atoms with Crippen LogP contribution >= 0.6 is 18.7 Å². The monoisotopic (exact) mass is 646 g/mol. The Morgan fingerprint density at radius 1 is 1.18 bits per heavy atom. The van der Waals surface area contributed by atoms with Gasteiger partial charge in [0.15, 0.2) is 6.35 Å². The standard InChI is InChI=1S/C31H48ClN8O3P/c1-7-33-31(41)39(3)21-20-38(2)24-14-18-40(19-15-24)25-12-13-26(28(22-25)43-4)37-30(34-17-16-32)36-23-35-27-10-8-9-11-29(27)44(5,6)42/h8-13,16-17,22-24,31,33,41H,7,14-15,18-21H2,1-6H3,(H2,34,35,36,37)/b17-16+. The van der Waals surface area contributed by atoms with Crippen molar-refractivity contribution in [1.82, 2.24) is 15.1 Å². The third-order valence-corrected chi connectivity index (χ3v) is 9.30. The molecule has 4 N–H and O–H groups in total. The van der Waals surface area contributed by atoms with Crippen molar-refractivity contribution in [2.45, 2.75) is 32.2 Å². The van der Waals surface area contributed by atoms with Gasteiger partial charge < -0.3 is 34.8 Å². The number of nitrogens with zero attached hydrogens (tertiary/aromatic N) is 5. The maximum atomic E-state index is 12.7. The first-order chi connectivity index (χ1) is 21.1. The summed E-state index contributed by atoms with van der Waals surface area (Å²) >= 11 is 5.74. The van der Waals surface area contributed by atoms with E-state index >= 15 is 0 Å². The first kappa shape index (κ1) is 35.6. The van der Waals surface area contributed by atoms with Crippen LogP contribution in [-0.4, -0.2) is 107 Å². The predicted molar refractivity (Wildman–Crippen MR) is 187 cm³/mol. The Morgan fingerprint density at radius 3 is 2.57 bits per heavy atom. The molecule has 0 aromatic heterocycles. The highest BCUT2D eigenvalue weighted by Gasteiger charge is 2.24. The summed E-state index contributed by atoms with van der Waals surface area (Å²) in [6.45, 7) is 9.74. The lowest BCUT2D eigenvalue weighted by Crippen LogP contribution is -2.48. The van der Waals surface area contributed by atoms with Gasteiger partial charge in [0.05, 0.1) is 19.1 Å². The summed E-state index contributed by atoms with van der Waals surface area (Å²) in [6.07, 6.45) is 4.43. The number of hydrogen-bond acceptors (Lipinski definition) is 8. The van der Waals surface area contributed by atoms with E-state index in [1.54, 1.807) is 20.4 Å². The van der Waals surface area contributed by atoms with E-state index < -0.39 is 13.5 Å². The number of guanidine groups is 1. The number of nitrogens with one attached hydrogen (secondary N) is 3. The second-order valence-corrected chi connectivity index (χ2v) is 14.6. The van der Waals surface area contributed by atoms with Crippen LogP contribution in [-0.2, 0) is 4.57 Å². The maximum Gasteiger partial charge on any atom is 0.228 e. The molecule has 11 nitrogen and oxygen atoms in total. The Labute approximate surface area is 267 Å². The zero-order chi connectivity index (χ0) is 32.1. The number of para-hydroxylation sites is 1. The van der Waals surface area contributed by atoms with Crippen LogP contribution in [0.2, 0.25) is 0 Å². The number of methoxy groups -OCH3 is 1. The molecule has 1 saturated heterocycles. The van der Waals surface area contributed by atoms with Crippen LogP contribution in [0.15, 0.2) is 64.2 Å². The molecule has 1 heterocycles. The van der Waals surface area contributed by atoms with Gasteiger partial charge in [0, 0.05) is 66.7 Å². The molecule has 2 aromatic rings. The molecular formula is C31H48ClN8O3P. The zero-order valence-electron chi connectivity index (χ0n) is 26.7. The second-order valence-electron chi connectivity index (χ2n) is 11.1. The number of rotatable bonds is 14. The van der Waals surface area contributed by atoms with Crippen molar-refractivity contribution in [1.29, 1.82) is 0 Å². The summed E-state index contributed by atoms with van der Waals surface area (Å²) in [6, 6.07) is 14.0. The average Bonchev–Trinajstić information content (AvgIpc) is 3.02. The van der Waals surface area contributed by atoms with E-state index in [0.717, 1.165) is 62.2 Å². The first-order valence-electron chi connectivity index (χ1n) is 14.9. The van der Waals surface area contributed by atoms with Crippen LogP contribution in [0.1, 0.15) is 19.8 Å². The molecule has 1 fully saturated rings. The zero-order valence-corrected chi connectivity index (χ0v) is 28.4. The highest BCUT2D eigenvalue weighted by atomic mass is 35.5. The number of aliphatic hydroxyl groups excluding tert-OH is 1.